The number of rotatable bonds is 5. The predicted molar refractivity (Wildman–Crippen MR) is 62.0 cm³/mol. The van der Waals surface area contributed by atoms with E-state index in [4.69, 9.17) is 20.1 Å². The smallest absolute Gasteiger partial charge is 0.167 e. The summed E-state index contributed by atoms with van der Waals surface area (Å²) in [6.45, 7) is 2.11. The van der Waals surface area contributed by atoms with Crippen LogP contribution in [0.5, 0.6) is 11.5 Å². The van der Waals surface area contributed by atoms with Crippen LogP contribution in [0.1, 0.15) is 11.1 Å². The number of ether oxygens (including phenoxy) is 3. The second-order valence-electron chi connectivity index (χ2n) is 3.79. The molecule has 17 heavy (non-hydrogen) atoms. The molecule has 1 heterocycles. The number of methoxy groups -OCH3 is 1. The summed E-state index contributed by atoms with van der Waals surface area (Å²) in [5.74, 6) is 6.62. The molecule has 1 aromatic carbocycles. The molecule has 0 fully saturated rings. The van der Waals surface area contributed by atoms with Crippen LogP contribution in [0.4, 0.5) is 0 Å². The Hall–Kier alpha value is -1.30. The molecule has 1 aromatic rings. The molecule has 0 atom stereocenters. The van der Waals surface area contributed by atoms with Crippen molar-refractivity contribution in [3.05, 3.63) is 23.3 Å². The van der Waals surface area contributed by atoms with Crippen LogP contribution in [-0.2, 0) is 22.6 Å². The highest BCUT2D eigenvalue weighted by molar-refractivity contribution is 5.52. The maximum absolute atomic E-state index is 5.66. The minimum Gasteiger partial charge on any atom is -0.486 e. The van der Waals surface area contributed by atoms with Gasteiger partial charge >= 0.3 is 0 Å². The Balaban J connectivity index is 2.29. The monoisotopic (exact) mass is 239 g/mol. The fraction of sp³-hybridized carbons (Fsp3) is 0.500. The summed E-state index contributed by atoms with van der Waals surface area (Å²) in [5.41, 5.74) is 2.05. The Morgan fingerprint density at radius 2 is 1.82 bits per heavy atom. The van der Waals surface area contributed by atoms with Crippen molar-refractivity contribution in [2.75, 3.05) is 26.9 Å². The van der Waals surface area contributed by atoms with Crippen LogP contribution in [0.3, 0.4) is 0 Å². The van der Waals surface area contributed by atoms with E-state index in [1.54, 1.807) is 7.11 Å². The summed E-state index contributed by atoms with van der Waals surface area (Å²) in [6, 6.07) is 3.99. The topological polar surface area (TPSA) is 62.9 Å². The third-order valence-electron chi connectivity index (χ3n) is 2.64. The lowest BCUT2D eigenvalue weighted by molar-refractivity contribution is 0.136. The van der Waals surface area contributed by atoms with Gasteiger partial charge in [0, 0.05) is 24.7 Å². The fourth-order valence-electron chi connectivity index (χ4n) is 1.88. The van der Waals surface area contributed by atoms with Crippen LogP contribution in [0.2, 0.25) is 0 Å². The number of fused-ring (bicyclic) bond motifs is 1. The first-order chi connectivity index (χ1) is 8.36. The van der Waals surface area contributed by atoms with Crippen LogP contribution in [0.25, 0.3) is 0 Å². The Morgan fingerprint density at radius 3 is 2.47 bits per heavy atom. The van der Waals surface area contributed by atoms with Gasteiger partial charge in [0.15, 0.2) is 11.5 Å². The molecule has 0 aromatic heterocycles. The van der Waals surface area contributed by atoms with Crippen molar-refractivity contribution < 1.29 is 19.0 Å². The lowest BCUT2D eigenvalue weighted by atomic mass is 10.1. The third kappa shape index (κ3) is 2.69. The molecule has 1 aliphatic heterocycles. The zero-order valence-electron chi connectivity index (χ0n) is 9.90. The standard InChI is InChI=1S/C12H17NO4/c1-14-8-10-3-2-9(4-5-17-13)11-12(10)16-7-6-15-11/h2-3H,4-8,13H2,1H3. The second kappa shape index (κ2) is 5.86. The molecule has 94 valence electrons. The Kier molecular flexibility index (Phi) is 4.19. The third-order valence-corrected chi connectivity index (χ3v) is 2.64. The number of nitrogens with two attached hydrogens (primary N) is 1. The summed E-state index contributed by atoms with van der Waals surface area (Å²) in [6.07, 6.45) is 0.704. The molecule has 0 aliphatic carbocycles. The van der Waals surface area contributed by atoms with Crippen molar-refractivity contribution >= 4 is 0 Å². The van der Waals surface area contributed by atoms with E-state index in [9.17, 15) is 0 Å². The Bertz CT molecular complexity index is 381. The van der Waals surface area contributed by atoms with Crippen LogP contribution in [0.15, 0.2) is 12.1 Å². The van der Waals surface area contributed by atoms with E-state index in [0.717, 1.165) is 22.6 Å². The normalized spacial score (nSPS) is 13.8. The van der Waals surface area contributed by atoms with Crippen LogP contribution < -0.4 is 15.4 Å². The van der Waals surface area contributed by atoms with Gasteiger partial charge in [-0.3, -0.25) is 0 Å². The van der Waals surface area contributed by atoms with Gasteiger partial charge in [-0.2, -0.15) is 0 Å². The SMILES string of the molecule is COCc1ccc(CCON)c2c1OCCO2. The highest BCUT2D eigenvalue weighted by Crippen LogP contribution is 2.37. The molecule has 5 nitrogen and oxygen atoms in total. The van der Waals surface area contributed by atoms with Gasteiger partial charge in [-0.1, -0.05) is 12.1 Å². The van der Waals surface area contributed by atoms with Crippen LogP contribution in [-0.4, -0.2) is 26.9 Å². The van der Waals surface area contributed by atoms with Crippen molar-refractivity contribution in [2.24, 2.45) is 5.90 Å². The maximum atomic E-state index is 5.66. The zero-order chi connectivity index (χ0) is 12.1. The first kappa shape index (κ1) is 12.2. The molecule has 0 spiro atoms. The molecular weight excluding hydrogens is 222 g/mol. The number of benzene rings is 1. The molecule has 5 heteroatoms. The van der Waals surface area contributed by atoms with Crippen molar-refractivity contribution in [3.63, 3.8) is 0 Å². The van der Waals surface area contributed by atoms with E-state index >= 15 is 0 Å². The lowest BCUT2D eigenvalue weighted by Gasteiger charge is -2.23. The maximum Gasteiger partial charge on any atom is 0.167 e. The average Bonchev–Trinajstić information content (AvgIpc) is 2.38. The van der Waals surface area contributed by atoms with E-state index in [1.165, 1.54) is 0 Å². The molecule has 0 saturated heterocycles. The first-order valence-electron chi connectivity index (χ1n) is 5.57. The minimum absolute atomic E-state index is 0.458. The zero-order valence-corrected chi connectivity index (χ0v) is 9.90. The summed E-state index contributed by atoms with van der Waals surface area (Å²) in [7, 11) is 1.66. The molecule has 1 aliphatic rings. The molecule has 0 radical (unpaired) electrons. The Labute approximate surface area is 100 Å². The van der Waals surface area contributed by atoms with Gasteiger partial charge in [0.25, 0.3) is 0 Å². The largest absolute Gasteiger partial charge is 0.486 e. The molecule has 0 unspecified atom stereocenters. The molecular formula is C12H17NO4. The highest BCUT2D eigenvalue weighted by atomic mass is 16.6. The van der Waals surface area contributed by atoms with Gasteiger partial charge in [0.05, 0.1) is 13.2 Å². The van der Waals surface area contributed by atoms with E-state index in [-0.39, 0.29) is 0 Å². The Morgan fingerprint density at radius 1 is 1.18 bits per heavy atom. The molecule has 2 rings (SSSR count). The van der Waals surface area contributed by atoms with Gasteiger partial charge in [-0.05, 0) is 0 Å². The highest BCUT2D eigenvalue weighted by Gasteiger charge is 2.19. The fourth-order valence-corrected chi connectivity index (χ4v) is 1.88. The molecule has 0 bridgehead atoms. The molecule has 2 N–H and O–H groups in total. The second-order valence-corrected chi connectivity index (χ2v) is 3.79. The van der Waals surface area contributed by atoms with E-state index < -0.39 is 0 Å². The molecule has 0 amide bonds. The summed E-state index contributed by atoms with van der Waals surface area (Å²) < 4.78 is 16.4. The average molecular weight is 239 g/mol. The van der Waals surface area contributed by atoms with Crippen molar-refractivity contribution in [1.82, 2.24) is 0 Å². The number of hydrogen-bond acceptors (Lipinski definition) is 5. The van der Waals surface area contributed by atoms with E-state index in [2.05, 4.69) is 4.84 Å². The van der Waals surface area contributed by atoms with Gasteiger partial charge in [0.1, 0.15) is 13.2 Å². The van der Waals surface area contributed by atoms with E-state index in [0.29, 0.717) is 32.8 Å². The van der Waals surface area contributed by atoms with Crippen LogP contribution >= 0.6 is 0 Å². The number of hydrogen-bond donors (Lipinski definition) is 1. The van der Waals surface area contributed by atoms with Crippen LogP contribution in [0, 0.1) is 0 Å². The molecule has 0 saturated carbocycles. The summed E-state index contributed by atoms with van der Waals surface area (Å²) in [4.78, 5) is 4.59. The van der Waals surface area contributed by atoms with Gasteiger partial charge in [-0.15, -0.1) is 0 Å². The van der Waals surface area contributed by atoms with Gasteiger partial charge in [0.2, 0.25) is 0 Å². The van der Waals surface area contributed by atoms with Crippen molar-refractivity contribution in [3.8, 4) is 11.5 Å². The predicted octanol–water partition coefficient (Wildman–Crippen LogP) is 1.04. The van der Waals surface area contributed by atoms with Crippen molar-refractivity contribution in [1.29, 1.82) is 0 Å². The quantitative estimate of drug-likeness (QED) is 0.778. The van der Waals surface area contributed by atoms with E-state index in [1.807, 2.05) is 12.1 Å². The van der Waals surface area contributed by atoms with Crippen molar-refractivity contribution in [2.45, 2.75) is 13.0 Å². The minimum atomic E-state index is 0.458. The summed E-state index contributed by atoms with van der Waals surface area (Å²) >= 11 is 0. The first-order valence-corrected chi connectivity index (χ1v) is 5.57. The van der Waals surface area contributed by atoms with Gasteiger partial charge < -0.3 is 19.0 Å². The lowest BCUT2D eigenvalue weighted by Crippen LogP contribution is -2.18. The summed E-state index contributed by atoms with van der Waals surface area (Å²) in [5, 5.41) is 0. The van der Waals surface area contributed by atoms with Gasteiger partial charge in [-0.25, -0.2) is 5.90 Å².